The number of hydrogen-bond acceptors (Lipinski definition) is 2. The van der Waals surface area contributed by atoms with Crippen molar-refractivity contribution in [3.05, 3.63) is 96.6 Å². The molecule has 0 aliphatic carbocycles. The molecule has 1 N–H and O–H groups in total. The van der Waals surface area contributed by atoms with E-state index in [1.165, 1.54) is 5.56 Å². The smallest absolute Gasteiger partial charge is 0.232 e. The minimum Gasteiger partial charge on any atom is -0.354 e. The minimum atomic E-state index is -0.0977. The summed E-state index contributed by atoms with van der Waals surface area (Å²) >= 11 is 0. The molecule has 0 unspecified atom stereocenters. The standard InChI is InChI=1S/C26H28N2O2/c1-21(17-18-22-11-5-2-6-12-22)27-25(29)19-20-26(30)28(23-13-7-3-8-14-23)24-15-9-4-10-16-24/h2-16,21H,17-20H2,1H3,(H,27,29)/t21-/m1/s1. The number of aryl methyl sites for hydroxylation is 1. The highest BCUT2D eigenvalue weighted by Gasteiger charge is 2.19. The summed E-state index contributed by atoms with van der Waals surface area (Å²) in [6.07, 6.45) is 2.10. The van der Waals surface area contributed by atoms with Crippen molar-refractivity contribution in [2.75, 3.05) is 4.90 Å². The molecule has 0 aliphatic heterocycles. The van der Waals surface area contributed by atoms with Crippen LogP contribution in [0.15, 0.2) is 91.0 Å². The Hall–Kier alpha value is -3.40. The molecule has 0 fully saturated rings. The molecule has 0 saturated carbocycles. The van der Waals surface area contributed by atoms with Gasteiger partial charge in [0.2, 0.25) is 11.8 Å². The second-order valence-corrected chi connectivity index (χ2v) is 7.39. The van der Waals surface area contributed by atoms with E-state index in [0.29, 0.717) is 0 Å². The van der Waals surface area contributed by atoms with E-state index >= 15 is 0 Å². The van der Waals surface area contributed by atoms with Crippen molar-refractivity contribution in [1.82, 2.24) is 5.32 Å². The summed E-state index contributed by atoms with van der Waals surface area (Å²) in [7, 11) is 0. The monoisotopic (exact) mass is 400 g/mol. The van der Waals surface area contributed by atoms with Crippen molar-refractivity contribution >= 4 is 23.2 Å². The van der Waals surface area contributed by atoms with Gasteiger partial charge in [-0.3, -0.25) is 14.5 Å². The maximum absolute atomic E-state index is 13.0. The predicted octanol–water partition coefficient (Wildman–Crippen LogP) is 5.27. The second-order valence-electron chi connectivity index (χ2n) is 7.39. The number of para-hydroxylation sites is 2. The molecule has 4 heteroatoms. The number of amides is 2. The van der Waals surface area contributed by atoms with Crippen molar-refractivity contribution in [2.45, 2.75) is 38.6 Å². The SMILES string of the molecule is C[C@H](CCc1ccccc1)NC(=O)CCC(=O)N(c1ccccc1)c1ccccc1. The van der Waals surface area contributed by atoms with Crippen molar-refractivity contribution in [1.29, 1.82) is 0 Å². The number of nitrogens with one attached hydrogen (secondary N) is 1. The molecule has 4 nitrogen and oxygen atoms in total. The molecule has 0 radical (unpaired) electrons. The van der Waals surface area contributed by atoms with E-state index in [1.807, 2.05) is 85.8 Å². The lowest BCUT2D eigenvalue weighted by Gasteiger charge is -2.23. The van der Waals surface area contributed by atoms with Gasteiger partial charge in [-0.15, -0.1) is 0 Å². The van der Waals surface area contributed by atoms with Gasteiger partial charge in [0.15, 0.2) is 0 Å². The summed E-state index contributed by atoms with van der Waals surface area (Å²) < 4.78 is 0. The number of nitrogens with zero attached hydrogens (tertiary/aromatic N) is 1. The Morgan fingerprint density at radius 1 is 0.767 bits per heavy atom. The van der Waals surface area contributed by atoms with Gasteiger partial charge in [0.1, 0.15) is 0 Å². The summed E-state index contributed by atoms with van der Waals surface area (Å²) in [6.45, 7) is 2.00. The zero-order valence-corrected chi connectivity index (χ0v) is 17.3. The molecule has 0 saturated heterocycles. The van der Waals surface area contributed by atoms with E-state index in [0.717, 1.165) is 24.2 Å². The average Bonchev–Trinajstić information content (AvgIpc) is 2.79. The van der Waals surface area contributed by atoms with Crippen molar-refractivity contribution in [2.24, 2.45) is 0 Å². The number of rotatable bonds is 9. The van der Waals surface area contributed by atoms with Gasteiger partial charge in [-0.25, -0.2) is 0 Å². The van der Waals surface area contributed by atoms with Crippen LogP contribution in [-0.4, -0.2) is 17.9 Å². The lowest BCUT2D eigenvalue weighted by molar-refractivity contribution is -0.125. The van der Waals surface area contributed by atoms with Crippen LogP contribution in [0.2, 0.25) is 0 Å². The lowest BCUT2D eigenvalue weighted by atomic mass is 10.1. The van der Waals surface area contributed by atoms with Crippen molar-refractivity contribution in [3.8, 4) is 0 Å². The highest BCUT2D eigenvalue weighted by Crippen LogP contribution is 2.26. The number of carbonyl (C=O) groups excluding carboxylic acids is 2. The maximum atomic E-state index is 13.0. The summed E-state index contributed by atoms with van der Waals surface area (Å²) in [5, 5.41) is 3.01. The summed E-state index contributed by atoms with van der Waals surface area (Å²) in [6, 6.07) is 29.3. The Labute approximate surface area is 178 Å². The van der Waals surface area contributed by atoms with Gasteiger partial charge < -0.3 is 5.32 Å². The molecule has 154 valence electrons. The Morgan fingerprint density at radius 3 is 1.80 bits per heavy atom. The molecule has 1 atom stereocenters. The Morgan fingerprint density at radius 2 is 1.27 bits per heavy atom. The van der Waals surface area contributed by atoms with E-state index < -0.39 is 0 Å². The molecule has 0 aromatic heterocycles. The van der Waals surface area contributed by atoms with E-state index in [1.54, 1.807) is 4.90 Å². The van der Waals surface area contributed by atoms with E-state index in [9.17, 15) is 9.59 Å². The third-order valence-corrected chi connectivity index (χ3v) is 4.96. The van der Waals surface area contributed by atoms with Gasteiger partial charge in [0.05, 0.1) is 0 Å². The molecule has 3 rings (SSSR count). The Balaban J connectivity index is 1.54. The van der Waals surface area contributed by atoms with Gasteiger partial charge in [0, 0.05) is 30.3 Å². The lowest BCUT2D eigenvalue weighted by Crippen LogP contribution is -2.34. The number of carbonyl (C=O) groups is 2. The van der Waals surface area contributed by atoms with Gasteiger partial charge in [0.25, 0.3) is 0 Å². The van der Waals surface area contributed by atoms with Crippen LogP contribution in [-0.2, 0) is 16.0 Å². The topological polar surface area (TPSA) is 49.4 Å². The normalized spacial score (nSPS) is 11.5. The van der Waals surface area contributed by atoms with Crippen molar-refractivity contribution in [3.63, 3.8) is 0 Å². The van der Waals surface area contributed by atoms with Crippen LogP contribution < -0.4 is 10.2 Å². The highest BCUT2D eigenvalue weighted by molar-refractivity contribution is 6.01. The van der Waals surface area contributed by atoms with Gasteiger partial charge in [-0.2, -0.15) is 0 Å². The molecule has 2 amide bonds. The van der Waals surface area contributed by atoms with E-state index in [-0.39, 0.29) is 30.7 Å². The molecule has 0 aliphatic rings. The largest absolute Gasteiger partial charge is 0.354 e. The van der Waals surface area contributed by atoms with E-state index in [4.69, 9.17) is 0 Å². The van der Waals surface area contributed by atoms with Crippen LogP contribution in [0.4, 0.5) is 11.4 Å². The van der Waals surface area contributed by atoms with Gasteiger partial charge in [-0.05, 0) is 49.6 Å². The van der Waals surface area contributed by atoms with Crippen LogP contribution in [0.3, 0.4) is 0 Å². The molecule has 3 aromatic carbocycles. The average molecular weight is 401 g/mol. The Bertz CT molecular complexity index is 888. The first-order chi connectivity index (χ1) is 14.6. The van der Waals surface area contributed by atoms with Crippen LogP contribution in [0.25, 0.3) is 0 Å². The molecular formula is C26H28N2O2. The van der Waals surface area contributed by atoms with E-state index in [2.05, 4.69) is 17.4 Å². The zero-order valence-electron chi connectivity index (χ0n) is 17.3. The number of benzene rings is 3. The molecule has 30 heavy (non-hydrogen) atoms. The minimum absolute atomic E-state index is 0.0622. The van der Waals surface area contributed by atoms with Crippen LogP contribution >= 0.6 is 0 Å². The molecule has 0 spiro atoms. The molecular weight excluding hydrogens is 372 g/mol. The molecule has 0 heterocycles. The number of anilines is 2. The predicted molar refractivity (Wildman–Crippen MR) is 122 cm³/mol. The Kier molecular flexibility index (Phi) is 7.78. The van der Waals surface area contributed by atoms with Gasteiger partial charge >= 0.3 is 0 Å². The molecule has 3 aromatic rings. The third-order valence-electron chi connectivity index (χ3n) is 4.96. The fourth-order valence-electron chi connectivity index (χ4n) is 3.37. The summed E-state index contributed by atoms with van der Waals surface area (Å²) in [4.78, 5) is 27.0. The van der Waals surface area contributed by atoms with Crippen LogP contribution in [0, 0.1) is 0 Å². The quantitative estimate of drug-likeness (QED) is 0.532. The highest BCUT2D eigenvalue weighted by atomic mass is 16.2. The first kappa shape index (κ1) is 21.3. The van der Waals surface area contributed by atoms with Gasteiger partial charge in [-0.1, -0.05) is 66.7 Å². The summed E-state index contributed by atoms with van der Waals surface area (Å²) in [5.74, 6) is -0.190. The fourth-order valence-corrected chi connectivity index (χ4v) is 3.37. The molecule has 0 bridgehead atoms. The summed E-state index contributed by atoms with van der Waals surface area (Å²) in [5.41, 5.74) is 2.85. The first-order valence-corrected chi connectivity index (χ1v) is 10.4. The van der Waals surface area contributed by atoms with Crippen molar-refractivity contribution < 1.29 is 9.59 Å². The second kappa shape index (κ2) is 11.0. The first-order valence-electron chi connectivity index (χ1n) is 10.4. The van der Waals surface area contributed by atoms with Crippen LogP contribution in [0.1, 0.15) is 31.7 Å². The zero-order chi connectivity index (χ0) is 21.2. The van der Waals surface area contributed by atoms with Crippen LogP contribution in [0.5, 0.6) is 0 Å². The number of hydrogen-bond donors (Lipinski definition) is 1. The fraction of sp³-hybridized carbons (Fsp3) is 0.231. The maximum Gasteiger partial charge on any atom is 0.232 e. The third kappa shape index (κ3) is 6.31.